The molecule has 1 unspecified atom stereocenters. The molecule has 1 heterocycles. The van der Waals surface area contributed by atoms with Crippen LogP contribution in [-0.2, 0) is 0 Å². The lowest BCUT2D eigenvalue weighted by molar-refractivity contribution is 0.0690. The van der Waals surface area contributed by atoms with E-state index in [2.05, 4.69) is 29.1 Å². The van der Waals surface area contributed by atoms with Crippen molar-refractivity contribution in [1.29, 1.82) is 0 Å². The van der Waals surface area contributed by atoms with Crippen LogP contribution in [0, 0.1) is 0 Å². The van der Waals surface area contributed by atoms with Crippen LogP contribution in [0.2, 0.25) is 0 Å². The Morgan fingerprint density at radius 3 is 2.88 bits per heavy atom. The third kappa shape index (κ3) is 3.49. The first kappa shape index (κ1) is 12.4. The van der Waals surface area contributed by atoms with Gasteiger partial charge in [0.15, 0.2) is 5.69 Å². The first-order chi connectivity index (χ1) is 7.67. The second kappa shape index (κ2) is 6.05. The fourth-order valence-corrected chi connectivity index (χ4v) is 1.46. The van der Waals surface area contributed by atoms with Crippen molar-refractivity contribution in [1.82, 2.24) is 9.97 Å². The predicted molar refractivity (Wildman–Crippen MR) is 61.6 cm³/mol. The molecule has 0 radical (unpaired) electrons. The molecule has 0 saturated heterocycles. The Bertz CT molecular complexity index is 355. The Labute approximate surface area is 94.9 Å². The zero-order valence-corrected chi connectivity index (χ0v) is 9.60. The van der Waals surface area contributed by atoms with Crippen molar-refractivity contribution in [2.75, 3.05) is 5.32 Å². The van der Waals surface area contributed by atoms with Crippen molar-refractivity contribution in [2.24, 2.45) is 0 Å². The summed E-state index contributed by atoms with van der Waals surface area (Å²) in [4.78, 5) is 18.6. The van der Waals surface area contributed by atoms with E-state index in [9.17, 15) is 4.79 Å². The van der Waals surface area contributed by atoms with Gasteiger partial charge >= 0.3 is 5.97 Å². The van der Waals surface area contributed by atoms with E-state index in [1.165, 1.54) is 12.3 Å². The largest absolute Gasteiger partial charge is 0.477 e. The molecule has 1 aromatic heterocycles. The molecule has 0 aliphatic carbocycles. The first-order valence-electron chi connectivity index (χ1n) is 5.50. The number of nitrogens with zero attached hydrogens (tertiary/aromatic N) is 2. The predicted octanol–water partition coefficient (Wildman–Crippen LogP) is 2.17. The van der Waals surface area contributed by atoms with Crippen molar-refractivity contribution in [3.05, 3.63) is 18.0 Å². The molecule has 1 atom stereocenters. The average molecular weight is 223 g/mol. The maximum atomic E-state index is 10.7. The molecule has 2 N–H and O–H groups in total. The number of hydrogen-bond acceptors (Lipinski definition) is 4. The highest BCUT2D eigenvalue weighted by atomic mass is 16.4. The number of carboxylic acid groups (broad SMARTS) is 1. The number of aromatic carboxylic acids is 1. The maximum absolute atomic E-state index is 10.7. The van der Waals surface area contributed by atoms with E-state index < -0.39 is 5.97 Å². The molecule has 0 aliphatic rings. The second-order valence-electron chi connectivity index (χ2n) is 3.61. The minimum Gasteiger partial charge on any atom is -0.477 e. The third-order valence-corrected chi connectivity index (χ3v) is 2.34. The summed E-state index contributed by atoms with van der Waals surface area (Å²) in [7, 11) is 0. The molecule has 0 aliphatic heterocycles. The third-order valence-electron chi connectivity index (χ3n) is 2.34. The van der Waals surface area contributed by atoms with E-state index in [1.54, 1.807) is 0 Å². The monoisotopic (exact) mass is 223 g/mol. The van der Waals surface area contributed by atoms with Crippen LogP contribution >= 0.6 is 0 Å². The Hall–Kier alpha value is -1.65. The lowest BCUT2D eigenvalue weighted by Crippen LogP contribution is -2.20. The summed E-state index contributed by atoms with van der Waals surface area (Å²) in [5.41, 5.74) is 0.0175. The van der Waals surface area contributed by atoms with E-state index in [0.29, 0.717) is 12.0 Å². The highest BCUT2D eigenvalue weighted by Crippen LogP contribution is 2.08. The SMILES string of the molecule is CCCC(CC)Nc1nccc(C(=O)O)n1. The van der Waals surface area contributed by atoms with E-state index in [0.717, 1.165) is 19.3 Å². The Morgan fingerprint density at radius 2 is 2.31 bits per heavy atom. The molecule has 1 aromatic rings. The van der Waals surface area contributed by atoms with Gasteiger partial charge in [-0.25, -0.2) is 14.8 Å². The van der Waals surface area contributed by atoms with Gasteiger partial charge in [-0.1, -0.05) is 20.3 Å². The fourth-order valence-electron chi connectivity index (χ4n) is 1.46. The van der Waals surface area contributed by atoms with Crippen LogP contribution in [0.1, 0.15) is 43.6 Å². The minimum atomic E-state index is -1.03. The van der Waals surface area contributed by atoms with Crippen molar-refractivity contribution < 1.29 is 9.90 Å². The van der Waals surface area contributed by atoms with Gasteiger partial charge in [0, 0.05) is 12.2 Å². The van der Waals surface area contributed by atoms with Crippen LogP contribution in [-0.4, -0.2) is 27.1 Å². The number of anilines is 1. The smallest absolute Gasteiger partial charge is 0.354 e. The van der Waals surface area contributed by atoms with Crippen LogP contribution in [0.15, 0.2) is 12.3 Å². The zero-order valence-electron chi connectivity index (χ0n) is 9.60. The number of hydrogen-bond donors (Lipinski definition) is 2. The summed E-state index contributed by atoms with van der Waals surface area (Å²) in [6, 6.07) is 1.68. The van der Waals surface area contributed by atoms with Gasteiger partial charge in [-0.2, -0.15) is 0 Å². The van der Waals surface area contributed by atoms with E-state index in [1.807, 2.05) is 0 Å². The molecular weight excluding hydrogens is 206 g/mol. The van der Waals surface area contributed by atoms with Crippen molar-refractivity contribution in [3.8, 4) is 0 Å². The Kier molecular flexibility index (Phi) is 4.69. The molecule has 0 aromatic carbocycles. The summed E-state index contributed by atoms with van der Waals surface area (Å²) in [6.45, 7) is 4.19. The van der Waals surface area contributed by atoms with Crippen LogP contribution in [0.3, 0.4) is 0 Å². The molecule has 5 nitrogen and oxygen atoms in total. The number of rotatable bonds is 6. The maximum Gasteiger partial charge on any atom is 0.354 e. The van der Waals surface area contributed by atoms with Gasteiger partial charge in [0.1, 0.15) is 0 Å². The Balaban J connectivity index is 2.72. The number of carboxylic acids is 1. The zero-order chi connectivity index (χ0) is 12.0. The molecule has 88 valence electrons. The quantitative estimate of drug-likeness (QED) is 0.773. The summed E-state index contributed by atoms with van der Waals surface area (Å²) in [5.74, 6) is -0.644. The van der Waals surface area contributed by atoms with Crippen molar-refractivity contribution in [2.45, 2.75) is 39.2 Å². The minimum absolute atomic E-state index is 0.0175. The lowest BCUT2D eigenvalue weighted by Gasteiger charge is -2.15. The molecule has 16 heavy (non-hydrogen) atoms. The molecule has 0 saturated carbocycles. The molecule has 5 heteroatoms. The highest BCUT2D eigenvalue weighted by molar-refractivity contribution is 5.85. The van der Waals surface area contributed by atoms with Crippen molar-refractivity contribution in [3.63, 3.8) is 0 Å². The van der Waals surface area contributed by atoms with Gasteiger partial charge in [0.25, 0.3) is 0 Å². The number of carbonyl (C=O) groups is 1. The number of aromatic nitrogens is 2. The molecule has 1 rings (SSSR count). The molecule has 0 spiro atoms. The van der Waals surface area contributed by atoms with Gasteiger partial charge < -0.3 is 10.4 Å². The van der Waals surface area contributed by atoms with Crippen LogP contribution < -0.4 is 5.32 Å². The van der Waals surface area contributed by atoms with Crippen LogP contribution in [0.4, 0.5) is 5.95 Å². The Morgan fingerprint density at radius 1 is 1.56 bits per heavy atom. The van der Waals surface area contributed by atoms with Crippen molar-refractivity contribution >= 4 is 11.9 Å². The second-order valence-corrected chi connectivity index (χ2v) is 3.61. The van der Waals surface area contributed by atoms with Gasteiger partial charge in [0.2, 0.25) is 5.95 Å². The van der Waals surface area contributed by atoms with Gasteiger partial charge in [-0.3, -0.25) is 0 Å². The van der Waals surface area contributed by atoms with Gasteiger partial charge in [0.05, 0.1) is 0 Å². The molecular formula is C11H17N3O2. The standard InChI is InChI=1S/C11H17N3O2/c1-3-5-8(4-2)13-11-12-7-6-9(14-11)10(15)16/h6-8H,3-5H2,1-2H3,(H,15,16)(H,12,13,14). The first-order valence-corrected chi connectivity index (χ1v) is 5.50. The molecule has 0 amide bonds. The molecule has 0 fully saturated rings. The summed E-state index contributed by atoms with van der Waals surface area (Å²) >= 11 is 0. The van der Waals surface area contributed by atoms with E-state index in [-0.39, 0.29) is 5.69 Å². The fraction of sp³-hybridized carbons (Fsp3) is 0.545. The van der Waals surface area contributed by atoms with E-state index >= 15 is 0 Å². The normalized spacial score (nSPS) is 12.1. The topological polar surface area (TPSA) is 75.1 Å². The summed E-state index contributed by atoms with van der Waals surface area (Å²) < 4.78 is 0. The van der Waals surface area contributed by atoms with Crippen LogP contribution in [0.25, 0.3) is 0 Å². The van der Waals surface area contributed by atoms with Crippen LogP contribution in [0.5, 0.6) is 0 Å². The summed E-state index contributed by atoms with van der Waals surface area (Å²) in [6.07, 6.45) is 4.52. The summed E-state index contributed by atoms with van der Waals surface area (Å²) in [5, 5.41) is 11.9. The molecule has 0 bridgehead atoms. The highest BCUT2D eigenvalue weighted by Gasteiger charge is 2.09. The van der Waals surface area contributed by atoms with Gasteiger partial charge in [-0.15, -0.1) is 0 Å². The average Bonchev–Trinajstić information content (AvgIpc) is 2.29. The number of nitrogens with one attached hydrogen (secondary N) is 1. The van der Waals surface area contributed by atoms with Gasteiger partial charge in [-0.05, 0) is 18.9 Å². The van der Waals surface area contributed by atoms with E-state index in [4.69, 9.17) is 5.11 Å². The lowest BCUT2D eigenvalue weighted by atomic mass is 10.1.